The summed E-state index contributed by atoms with van der Waals surface area (Å²) in [5.74, 6) is -2.16. The Labute approximate surface area is 217 Å². The zero-order chi connectivity index (χ0) is 27.7. The van der Waals surface area contributed by atoms with Crippen molar-refractivity contribution in [2.75, 3.05) is 4.90 Å². The van der Waals surface area contributed by atoms with E-state index < -0.39 is 41.4 Å². The molecule has 0 aliphatic carbocycles. The maximum Gasteiger partial charge on any atom is 0.573 e. The van der Waals surface area contributed by atoms with Crippen molar-refractivity contribution < 1.29 is 27.5 Å². The molecule has 0 saturated carbocycles. The molecule has 2 unspecified atom stereocenters. The Morgan fingerprint density at radius 3 is 1.87 bits per heavy atom. The van der Waals surface area contributed by atoms with Crippen LogP contribution in [0.5, 0.6) is 5.75 Å². The Balaban J connectivity index is 1.80. The molecule has 1 fully saturated rings. The molecule has 0 bridgehead atoms. The van der Waals surface area contributed by atoms with E-state index in [1.54, 1.807) is 36.7 Å². The van der Waals surface area contributed by atoms with Gasteiger partial charge in [-0.3, -0.25) is 14.8 Å². The second-order valence-electron chi connectivity index (χ2n) is 8.99. The van der Waals surface area contributed by atoms with Crippen LogP contribution in [0.2, 0.25) is 0 Å². The number of hydrogen-bond acceptors (Lipinski definition) is 7. The van der Waals surface area contributed by atoms with Gasteiger partial charge in [-0.25, -0.2) is 9.69 Å². The van der Waals surface area contributed by atoms with E-state index in [0.29, 0.717) is 11.4 Å². The average molecular weight is 529 g/mol. The molecule has 9 nitrogen and oxygen atoms in total. The van der Waals surface area contributed by atoms with E-state index in [9.17, 15) is 22.8 Å². The summed E-state index contributed by atoms with van der Waals surface area (Å²) in [6, 6.07) is 10.9. The first kappa shape index (κ1) is 27.0. The predicted molar refractivity (Wildman–Crippen MR) is 133 cm³/mol. The van der Waals surface area contributed by atoms with Crippen molar-refractivity contribution in [2.24, 2.45) is 11.5 Å². The van der Waals surface area contributed by atoms with Crippen LogP contribution in [0.4, 0.5) is 23.7 Å². The number of anilines is 1. The highest BCUT2D eigenvalue weighted by atomic mass is 19.4. The monoisotopic (exact) mass is 528 g/mol. The minimum atomic E-state index is -4.87. The lowest BCUT2D eigenvalue weighted by atomic mass is 9.69. The molecule has 1 saturated heterocycles. The minimum absolute atomic E-state index is 0.0954. The molecule has 200 valence electrons. The van der Waals surface area contributed by atoms with Crippen molar-refractivity contribution in [3.8, 4) is 5.75 Å². The molecule has 38 heavy (non-hydrogen) atoms. The highest BCUT2D eigenvalue weighted by Crippen LogP contribution is 2.45. The lowest BCUT2D eigenvalue weighted by Gasteiger charge is -2.39. The average Bonchev–Trinajstić information content (AvgIpc) is 3.17. The van der Waals surface area contributed by atoms with Crippen molar-refractivity contribution in [1.82, 2.24) is 15.3 Å². The van der Waals surface area contributed by atoms with Gasteiger partial charge in [0.25, 0.3) is 5.91 Å². The van der Waals surface area contributed by atoms with Gasteiger partial charge >= 0.3 is 12.4 Å². The van der Waals surface area contributed by atoms with Gasteiger partial charge in [0, 0.05) is 37.3 Å². The topological polar surface area (TPSA) is 136 Å². The number of urea groups is 1. The van der Waals surface area contributed by atoms with E-state index in [2.05, 4.69) is 20.0 Å². The van der Waals surface area contributed by atoms with Crippen molar-refractivity contribution >= 4 is 17.6 Å². The maximum absolute atomic E-state index is 14.2. The molecule has 0 spiro atoms. The number of ether oxygens (including phenoxy) is 1. The SMILES string of the molecule is CC(c1ccnc(CN)c1)C1(C(C)c2ccnc(CN)c2)NC(=O)N(c2ccc(OC(F)(F)F)cc2)C1=O. The van der Waals surface area contributed by atoms with Gasteiger partial charge in [-0.1, -0.05) is 13.8 Å². The maximum atomic E-state index is 14.2. The smallest absolute Gasteiger partial charge is 0.406 e. The lowest BCUT2D eigenvalue weighted by molar-refractivity contribution is -0.274. The van der Waals surface area contributed by atoms with E-state index in [1.165, 1.54) is 12.1 Å². The number of aromatic nitrogens is 2. The van der Waals surface area contributed by atoms with E-state index >= 15 is 0 Å². The highest BCUT2D eigenvalue weighted by molar-refractivity contribution is 6.24. The number of halogens is 3. The number of rotatable bonds is 8. The van der Waals surface area contributed by atoms with Gasteiger partial charge in [-0.15, -0.1) is 13.2 Å². The van der Waals surface area contributed by atoms with E-state index in [0.717, 1.165) is 28.2 Å². The lowest BCUT2D eigenvalue weighted by Crippen LogP contribution is -2.55. The largest absolute Gasteiger partial charge is 0.573 e. The number of imide groups is 1. The zero-order valence-electron chi connectivity index (χ0n) is 20.7. The molecule has 12 heteroatoms. The highest BCUT2D eigenvalue weighted by Gasteiger charge is 2.58. The summed E-state index contributed by atoms with van der Waals surface area (Å²) in [5, 5.41) is 2.91. The fourth-order valence-electron chi connectivity index (χ4n) is 4.84. The van der Waals surface area contributed by atoms with Gasteiger partial charge in [0.2, 0.25) is 0 Å². The molecule has 1 aliphatic rings. The first-order chi connectivity index (χ1) is 18.0. The standard InChI is InChI=1S/C26H27F3N6O3/c1-15(17-7-9-32-19(11-17)13-30)25(16(2)18-8-10-33-20(12-18)14-31)23(36)35(24(37)34-25)21-3-5-22(6-4-21)38-26(27,28)29/h3-12,15-16H,13-14,30-31H2,1-2H3,(H,34,37). The molecule has 1 aliphatic heterocycles. The fraction of sp³-hybridized carbons (Fsp3) is 0.308. The molecular formula is C26H27F3N6O3. The van der Waals surface area contributed by atoms with Crippen LogP contribution < -0.4 is 26.4 Å². The number of carbonyl (C=O) groups is 2. The van der Waals surface area contributed by atoms with E-state index in [-0.39, 0.29) is 18.8 Å². The van der Waals surface area contributed by atoms with Gasteiger partial charge < -0.3 is 21.5 Å². The number of benzene rings is 1. The molecule has 3 amide bonds. The first-order valence-electron chi connectivity index (χ1n) is 11.8. The molecule has 1 aromatic carbocycles. The number of nitrogens with two attached hydrogens (primary N) is 2. The van der Waals surface area contributed by atoms with Crippen LogP contribution in [0.25, 0.3) is 0 Å². The summed E-state index contributed by atoms with van der Waals surface area (Å²) in [6.07, 6.45) is -1.70. The summed E-state index contributed by atoms with van der Waals surface area (Å²) < 4.78 is 41.7. The van der Waals surface area contributed by atoms with Gasteiger partial charge in [0.15, 0.2) is 0 Å². The molecular weight excluding hydrogens is 501 g/mol. The normalized spacial score (nSPS) is 19.3. The predicted octanol–water partition coefficient (Wildman–Crippen LogP) is 3.70. The van der Waals surface area contributed by atoms with Crippen LogP contribution in [0, 0.1) is 0 Å². The molecule has 2 aromatic heterocycles. The number of carbonyl (C=O) groups excluding carboxylic acids is 2. The quantitative estimate of drug-likeness (QED) is 0.379. The third-order valence-electron chi connectivity index (χ3n) is 6.87. The summed E-state index contributed by atoms with van der Waals surface area (Å²) in [6.45, 7) is 4.01. The molecule has 4 rings (SSSR count). The molecule has 5 N–H and O–H groups in total. The number of amides is 3. The molecule has 3 aromatic rings. The second kappa shape index (κ2) is 10.4. The molecule has 0 radical (unpaired) electrons. The number of nitrogens with zero attached hydrogens (tertiary/aromatic N) is 3. The summed E-state index contributed by atoms with van der Waals surface area (Å²) in [7, 11) is 0. The molecule has 2 atom stereocenters. The fourth-order valence-corrected chi connectivity index (χ4v) is 4.84. The van der Waals surface area contributed by atoms with Crippen LogP contribution in [-0.4, -0.2) is 33.8 Å². The van der Waals surface area contributed by atoms with Crippen molar-refractivity contribution in [2.45, 2.75) is 50.7 Å². The van der Waals surface area contributed by atoms with E-state index in [4.69, 9.17) is 11.5 Å². The summed E-state index contributed by atoms with van der Waals surface area (Å²) in [4.78, 5) is 37.0. The number of pyridine rings is 2. The third-order valence-corrected chi connectivity index (χ3v) is 6.87. The minimum Gasteiger partial charge on any atom is -0.406 e. The Bertz CT molecular complexity index is 1280. The molecule has 3 heterocycles. The van der Waals surface area contributed by atoms with E-state index in [1.807, 2.05) is 13.8 Å². The van der Waals surface area contributed by atoms with Gasteiger partial charge in [0.1, 0.15) is 11.3 Å². The van der Waals surface area contributed by atoms with Gasteiger partial charge in [-0.05, 0) is 59.7 Å². The van der Waals surface area contributed by atoms with Gasteiger partial charge in [-0.2, -0.15) is 0 Å². The van der Waals surface area contributed by atoms with Crippen molar-refractivity contribution in [3.05, 3.63) is 83.4 Å². The summed E-state index contributed by atoms with van der Waals surface area (Å²) in [5.41, 5.74) is 12.9. The zero-order valence-corrected chi connectivity index (χ0v) is 20.7. The Hall–Kier alpha value is -4.03. The number of alkyl halides is 3. The van der Waals surface area contributed by atoms with Crippen molar-refractivity contribution in [1.29, 1.82) is 0 Å². The Morgan fingerprint density at radius 1 is 0.921 bits per heavy atom. The Kier molecular flexibility index (Phi) is 7.38. The second-order valence-corrected chi connectivity index (χ2v) is 8.99. The van der Waals surface area contributed by atoms with Crippen LogP contribution >= 0.6 is 0 Å². The number of nitrogens with one attached hydrogen (secondary N) is 1. The number of hydrogen-bond donors (Lipinski definition) is 3. The van der Waals surface area contributed by atoms with Gasteiger partial charge in [0.05, 0.1) is 17.1 Å². The first-order valence-corrected chi connectivity index (χ1v) is 11.8. The van der Waals surface area contributed by atoms with Crippen molar-refractivity contribution in [3.63, 3.8) is 0 Å². The Morgan fingerprint density at radius 2 is 1.42 bits per heavy atom. The van der Waals surface area contributed by atoms with Crippen LogP contribution in [0.1, 0.15) is 48.2 Å². The summed E-state index contributed by atoms with van der Waals surface area (Å²) >= 11 is 0. The van der Waals surface area contributed by atoms with Crippen LogP contribution in [0.3, 0.4) is 0 Å². The van der Waals surface area contributed by atoms with Crippen LogP contribution in [0.15, 0.2) is 60.9 Å². The van der Waals surface area contributed by atoms with Crippen LogP contribution in [-0.2, 0) is 17.9 Å². The third kappa shape index (κ3) is 5.04.